The Morgan fingerprint density at radius 1 is 1.25 bits per heavy atom. The van der Waals surface area contributed by atoms with E-state index in [9.17, 15) is 22.8 Å². The second-order valence-corrected chi connectivity index (χ2v) is 9.49. The molecule has 1 aliphatic heterocycles. The number of fused-ring (bicyclic) bond motifs is 1. The number of rotatable bonds is 4. The van der Waals surface area contributed by atoms with Crippen molar-refractivity contribution >= 4 is 11.7 Å². The van der Waals surface area contributed by atoms with E-state index < -0.39 is 29.0 Å². The summed E-state index contributed by atoms with van der Waals surface area (Å²) in [7, 11) is 0. The van der Waals surface area contributed by atoms with Gasteiger partial charge in [0, 0.05) is 25.2 Å². The predicted molar refractivity (Wildman–Crippen MR) is 111 cm³/mol. The van der Waals surface area contributed by atoms with Crippen LogP contribution in [0.15, 0.2) is 18.2 Å². The van der Waals surface area contributed by atoms with E-state index in [-0.39, 0.29) is 30.0 Å². The fraction of sp³-hybridized carbons (Fsp3) is 0.522. The second kappa shape index (κ2) is 8.03. The molecule has 1 aromatic carbocycles. The van der Waals surface area contributed by atoms with Crippen LogP contribution >= 0.6 is 0 Å². The maximum atomic E-state index is 13.7. The molecule has 32 heavy (non-hydrogen) atoms. The number of benzene rings is 1. The van der Waals surface area contributed by atoms with E-state index >= 15 is 0 Å². The molecule has 0 atom stereocenters. The van der Waals surface area contributed by atoms with Crippen LogP contribution in [0.3, 0.4) is 0 Å². The van der Waals surface area contributed by atoms with E-state index in [4.69, 9.17) is 10.5 Å². The molecule has 2 aliphatic rings. The van der Waals surface area contributed by atoms with Crippen LogP contribution in [0, 0.1) is 11.3 Å². The number of halogens is 3. The fourth-order valence-corrected chi connectivity index (χ4v) is 4.74. The second-order valence-electron chi connectivity index (χ2n) is 9.49. The molecule has 9 heteroatoms. The summed E-state index contributed by atoms with van der Waals surface area (Å²) in [4.78, 5) is 24.6. The Labute approximate surface area is 183 Å². The third-order valence-electron chi connectivity index (χ3n) is 6.26. The van der Waals surface area contributed by atoms with Crippen molar-refractivity contribution in [3.8, 4) is 5.69 Å². The summed E-state index contributed by atoms with van der Waals surface area (Å²) >= 11 is 0. The molecule has 1 aromatic heterocycles. The van der Waals surface area contributed by atoms with E-state index in [1.54, 1.807) is 6.07 Å². The molecule has 0 bridgehead atoms. The van der Waals surface area contributed by atoms with Gasteiger partial charge in [-0.3, -0.25) is 9.59 Å². The highest BCUT2D eigenvalue weighted by Crippen LogP contribution is 2.42. The first-order valence-corrected chi connectivity index (χ1v) is 10.7. The Morgan fingerprint density at radius 2 is 1.94 bits per heavy atom. The first-order valence-electron chi connectivity index (χ1n) is 10.7. The van der Waals surface area contributed by atoms with E-state index in [1.165, 1.54) is 16.8 Å². The number of hydrogen-bond acceptors (Lipinski definition) is 4. The minimum Gasteiger partial charge on any atom is -0.381 e. The number of carbonyl (C=O) groups is 2. The fourth-order valence-electron chi connectivity index (χ4n) is 4.74. The van der Waals surface area contributed by atoms with Crippen molar-refractivity contribution < 1.29 is 27.5 Å². The Hall–Kier alpha value is -2.68. The molecule has 172 valence electrons. The van der Waals surface area contributed by atoms with E-state index in [2.05, 4.69) is 5.10 Å². The lowest BCUT2D eigenvalue weighted by Crippen LogP contribution is -2.29. The van der Waals surface area contributed by atoms with Crippen LogP contribution in [0.2, 0.25) is 0 Å². The number of nitrogens with two attached hydrogens (primary N) is 1. The average molecular weight is 449 g/mol. The van der Waals surface area contributed by atoms with Crippen molar-refractivity contribution in [1.29, 1.82) is 0 Å². The number of ketones is 1. The van der Waals surface area contributed by atoms with Crippen molar-refractivity contribution in [2.45, 2.75) is 52.1 Å². The summed E-state index contributed by atoms with van der Waals surface area (Å²) in [5, 5.41) is 3.85. The lowest BCUT2D eigenvalue weighted by molar-refractivity contribution is -0.141. The number of ether oxygens (including phenoxy) is 1. The molecular weight excluding hydrogens is 423 g/mol. The van der Waals surface area contributed by atoms with Crippen molar-refractivity contribution in [3.63, 3.8) is 0 Å². The summed E-state index contributed by atoms with van der Waals surface area (Å²) < 4.78 is 47.8. The number of alkyl halides is 3. The highest BCUT2D eigenvalue weighted by Gasteiger charge is 2.45. The Bertz CT molecular complexity index is 1070. The van der Waals surface area contributed by atoms with Crippen LogP contribution in [0.1, 0.15) is 70.8 Å². The zero-order chi connectivity index (χ0) is 23.3. The van der Waals surface area contributed by atoms with Crippen LogP contribution in [0.5, 0.6) is 0 Å². The molecule has 4 rings (SSSR count). The number of primary amides is 1. The van der Waals surface area contributed by atoms with E-state index in [0.717, 1.165) is 12.8 Å². The zero-order valence-electron chi connectivity index (χ0n) is 18.1. The van der Waals surface area contributed by atoms with Crippen molar-refractivity contribution in [1.82, 2.24) is 9.78 Å². The summed E-state index contributed by atoms with van der Waals surface area (Å²) in [6.45, 7) is 4.97. The lowest BCUT2D eigenvalue weighted by Gasteiger charge is -2.29. The van der Waals surface area contributed by atoms with E-state index in [0.29, 0.717) is 36.4 Å². The van der Waals surface area contributed by atoms with Crippen LogP contribution in [0.4, 0.5) is 13.2 Å². The Balaban J connectivity index is 1.83. The number of hydrogen-bond donors (Lipinski definition) is 1. The molecule has 2 aromatic rings. The van der Waals surface area contributed by atoms with Gasteiger partial charge >= 0.3 is 6.18 Å². The van der Waals surface area contributed by atoms with Gasteiger partial charge in [0.05, 0.1) is 16.9 Å². The first kappa shape index (κ1) is 22.5. The molecule has 1 aliphatic carbocycles. The highest BCUT2D eigenvalue weighted by atomic mass is 19.4. The molecule has 1 fully saturated rings. The predicted octanol–water partition coefficient (Wildman–Crippen LogP) is 4.11. The number of nitrogens with zero attached hydrogens (tertiary/aromatic N) is 2. The molecule has 2 N–H and O–H groups in total. The average Bonchev–Trinajstić information content (AvgIpc) is 3.07. The van der Waals surface area contributed by atoms with Crippen LogP contribution in [0.25, 0.3) is 5.69 Å². The molecule has 0 spiro atoms. The Kier molecular flexibility index (Phi) is 5.65. The van der Waals surface area contributed by atoms with Gasteiger partial charge in [0.1, 0.15) is 0 Å². The standard InChI is InChI=1S/C23H26F3N3O3/c1-22(2)11-17-19(18(30)12-22)20(23(24,25)26)28-29(17)15-3-4-16(21(27)31)14(10-15)9-13-5-7-32-8-6-13/h3-4,10,13H,5-9,11-12H2,1-2H3,(H2,27,31). The van der Waals surface area contributed by atoms with Gasteiger partial charge in [-0.2, -0.15) is 18.3 Å². The minimum atomic E-state index is -4.75. The molecule has 1 amide bonds. The van der Waals surface area contributed by atoms with Gasteiger partial charge in [-0.15, -0.1) is 0 Å². The third-order valence-corrected chi connectivity index (χ3v) is 6.26. The smallest absolute Gasteiger partial charge is 0.381 e. The van der Waals surface area contributed by atoms with Gasteiger partial charge in [0.25, 0.3) is 0 Å². The van der Waals surface area contributed by atoms with Gasteiger partial charge in [-0.25, -0.2) is 4.68 Å². The highest BCUT2D eigenvalue weighted by molar-refractivity contribution is 6.00. The minimum absolute atomic E-state index is 0.0321. The summed E-state index contributed by atoms with van der Waals surface area (Å²) in [5.74, 6) is -0.853. The van der Waals surface area contributed by atoms with Gasteiger partial charge < -0.3 is 10.5 Å². The van der Waals surface area contributed by atoms with Crippen molar-refractivity contribution in [2.24, 2.45) is 17.1 Å². The number of amides is 1. The van der Waals surface area contributed by atoms with Gasteiger partial charge in [-0.1, -0.05) is 13.8 Å². The topological polar surface area (TPSA) is 87.2 Å². The largest absolute Gasteiger partial charge is 0.435 e. The SMILES string of the molecule is CC1(C)CC(=O)c2c(C(F)(F)F)nn(-c3ccc(C(N)=O)c(CC4CCOCC4)c3)c2C1. The number of carbonyl (C=O) groups excluding carboxylic acids is 2. The molecule has 2 heterocycles. The first-order chi connectivity index (χ1) is 15.0. The summed E-state index contributed by atoms with van der Waals surface area (Å²) in [5.41, 5.74) is 5.22. The number of Topliss-reactive ketones (excluding diaryl/α,β-unsaturated/α-hetero) is 1. The molecule has 6 nitrogen and oxygen atoms in total. The van der Waals surface area contributed by atoms with E-state index in [1.807, 2.05) is 13.8 Å². The van der Waals surface area contributed by atoms with Crippen LogP contribution in [-0.4, -0.2) is 34.7 Å². The van der Waals surface area contributed by atoms with Crippen molar-refractivity contribution in [3.05, 3.63) is 46.3 Å². The van der Waals surface area contributed by atoms with Gasteiger partial charge in [0.15, 0.2) is 11.5 Å². The normalized spacial score (nSPS) is 19.1. The number of aromatic nitrogens is 2. The van der Waals surface area contributed by atoms with Gasteiger partial charge in [-0.05, 0) is 60.8 Å². The quantitative estimate of drug-likeness (QED) is 0.761. The van der Waals surface area contributed by atoms with Crippen molar-refractivity contribution in [2.75, 3.05) is 13.2 Å². The Morgan fingerprint density at radius 3 is 2.56 bits per heavy atom. The molecule has 1 saturated heterocycles. The maximum absolute atomic E-state index is 13.7. The van der Waals surface area contributed by atoms with Crippen LogP contribution < -0.4 is 5.73 Å². The third kappa shape index (κ3) is 4.30. The summed E-state index contributed by atoms with van der Waals surface area (Å²) in [6.07, 6.45) is -2.20. The maximum Gasteiger partial charge on any atom is 0.435 e. The molecular formula is C23H26F3N3O3. The molecule has 0 saturated carbocycles. The molecule has 0 unspecified atom stereocenters. The van der Waals surface area contributed by atoms with Crippen LogP contribution in [-0.2, 0) is 23.8 Å². The monoisotopic (exact) mass is 449 g/mol. The zero-order valence-corrected chi connectivity index (χ0v) is 18.1. The van der Waals surface area contributed by atoms with Gasteiger partial charge in [0.2, 0.25) is 5.91 Å². The lowest BCUT2D eigenvalue weighted by atomic mass is 9.75. The molecule has 0 radical (unpaired) electrons. The summed E-state index contributed by atoms with van der Waals surface area (Å²) in [6, 6.07) is 4.74.